The second kappa shape index (κ2) is 7.54. The SMILES string of the molecule is CN(C)C1CCCN(C(=O)C(C)(C)Oc2cccc(Cl)c2)CC1. The summed E-state index contributed by atoms with van der Waals surface area (Å²) < 4.78 is 5.93. The van der Waals surface area contributed by atoms with Crippen molar-refractivity contribution in [2.24, 2.45) is 0 Å². The largest absolute Gasteiger partial charge is 0.478 e. The molecule has 5 heteroatoms. The lowest BCUT2D eigenvalue weighted by molar-refractivity contribution is -0.145. The van der Waals surface area contributed by atoms with Gasteiger partial charge in [0.05, 0.1) is 0 Å². The number of likely N-dealkylation sites (tertiary alicyclic amines) is 1. The first-order chi connectivity index (χ1) is 10.8. The van der Waals surface area contributed by atoms with Crippen molar-refractivity contribution >= 4 is 17.5 Å². The summed E-state index contributed by atoms with van der Waals surface area (Å²) in [7, 11) is 4.21. The van der Waals surface area contributed by atoms with Crippen LogP contribution in [0.4, 0.5) is 0 Å². The van der Waals surface area contributed by atoms with Crippen LogP contribution in [0.2, 0.25) is 5.02 Å². The van der Waals surface area contributed by atoms with Crippen molar-refractivity contribution in [3.8, 4) is 5.75 Å². The van der Waals surface area contributed by atoms with Crippen LogP contribution in [0, 0.1) is 0 Å². The molecule has 1 unspecified atom stereocenters. The van der Waals surface area contributed by atoms with Crippen LogP contribution in [0.1, 0.15) is 33.1 Å². The second-order valence-electron chi connectivity index (χ2n) is 6.91. The number of nitrogens with zero attached hydrogens (tertiary/aromatic N) is 2. The minimum absolute atomic E-state index is 0.0388. The third-order valence-corrected chi connectivity index (χ3v) is 4.63. The van der Waals surface area contributed by atoms with E-state index in [2.05, 4.69) is 19.0 Å². The van der Waals surface area contributed by atoms with Gasteiger partial charge in [0.2, 0.25) is 0 Å². The molecule has 1 aliphatic rings. The van der Waals surface area contributed by atoms with Gasteiger partial charge in [-0.05, 0) is 65.4 Å². The topological polar surface area (TPSA) is 32.8 Å². The van der Waals surface area contributed by atoms with Gasteiger partial charge >= 0.3 is 0 Å². The molecular formula is C18H27ClN2O2. The molecule has 0 N–H and O–H groups in total. The van der Waals surface area contributed by atoms with Crippen LogP contribution in [0.25, 0.3) is 0 Å². The Kier molecular flexibility index (Phi) is 5.93. The molecule has 4 nitrogen and oxygen atoms in total. The van der Waals surface area contributed by atoms with Crippen LogP contribution in [0.5, 0.6) is 5.75 Å². The molecule has 0 aromatic heterocycles. The van der Waals surface area contributed by atoms with Gasteiger partial charge in [0, 0.05) is 24.2 Å². The van der Waals surface area contributed by atoms with Crippen LogP contribution in [-0.2, 0) is 4.79 Å². The highest BCUT2D eigenvalue weighted by atomic mass is 35.5. The van der Waals surface area contributed by atoms with Gasteiger partial charge in [0.25, 0.3) is 5.91 Å². The highest BCUT2D eigenvalue weighted by molar-refractivity contribution is 6.30. The summed E-state index contributed by atoms with van der Waals surface area (Å²) in [5.74, 6) is 0.661. The van der Waals surface area contributed by atoms with E-state index in [4.69, 9.17) is 16.3 Å². The quantitative estimate of drug-likeness (QED) is 0.843. The molecule has 1 amide bonds. The fraction of sp³-hybridized carbons (Fsp3) is 0.611. The van der Waals surface area contributed by atoms with Crippen molar-refractivity contribution in [1.82, 2.24) is 9.80 Å². The number of amides is 1. The molecule has 1 aromatic rings. The number of carbonyl (C=O) groups excluding carboxylic acids is 1. The zero-order valence-electron chi connectivity index (χ0n) is 14.5. The number of benzene rings is 1. The Morgan fingerprint density at radius 1 is 1.30 bits per heavy atom. The van der Waals surface area contributed by atoms with Gasteiger partial charge in [-0.25, -0.2) is 0 Å². The summed E-state index contributed by atoms with van der Waals surface area (Å²) in [5.41, 5.74) is -0.900. The Hall–Kier alpha value is -1.26. The lowest BCUT2D eigenvalue weighted by Crippen LogP contribution is -2.49. The van der Waals surface area contributed by atoms with E-state index in [0.717, 1.165) is 32.4 Å². The normalized spacial score (nSPS) is 19.6. The third kappa shape index (κ3) is 4.85. The Bertz CT molecular complexity index is 546. The van der Waals surface area contributed by atoms with Crippen LogP contribution in [-0.4, -0.2) is 54.5 Å². The lowest BCUT2D eigenvalue weighted by Gasteiger charge is -2.32. The number of halogens is 1. The minimum Gasteiger partial charge on any atom is -0.478 e. The molecule has 2 rings (SSSR count). The molecular weight excluding hydrogens is 312 g/mol. The number of hydrogen-bond donors (Lipinski definition) is 0. The molecule has 128 valence electrons. The lowest BCUT2D eigenvalue weighted by atomic mass is 10.1. The van der Waals surface area contributed by atoms with Crippen molar-refractivity contribution in [1.29, 1.82) is 0 Å². The van der Waals surface area contributed by atoms with E-state index in [1.807, 2.05) is 30.9 Å². The van der Waals surface area contributed by atoms with E-state index in [9.17, 15) is 4.79 Å². The average Bonchev–Trinajstić information content (AvgIpc) is 2.71. The molecule has 1 saturated heterocycles. The van der Waals surface area contributed by atoms with Gasteiger partial charge in [-0.2, -0.15) is 0 Å². The fourth-order valence-corrected chi connectivity index (χ4v) is 3.23. The van der Waals surface area contributed by atoms with E-state index >= 15 is 0 Å². The molecule has 0 bridgehead atoms. The predicted molar refractivity (Wildman–Crippen MR) is 94.1 cm³/mol. The third-order valence-electron chi connectivity index (χ3n) is 4.40. The van der Waals surface area contributed by atoms with Gasteiger partial charge in [0.1, 0.15) is 5.75 Å². The highest BCUT2D eigenvalue weighted by Crippen LogP contribution is 2.25. The molecule has 1 atom stereocenters. The number of hydrogen-bond acceptors (Lipinski definition) is 3. The van der Waals surface area contributed by atoms with E-state index in [1.165, 1.54) is 0 Å². The van der Waals surface area contributed by atoms with E-state index < -0.39 is 5.60 Å². The number of rotatable bonds is 4. The molecule has 23 heavy (non-hydrogen) atoms. The van der Waals surface area contributed by atoms with Gasteiger partial charge < -0.3 is 14.5 Å². The van der Waals surface area contributed by atoms with Gasteiger partial charge in [0.15, 0.2) is 5.60 Å². The zero-order chi connectivity index (χ0) is 17.0. The van der Waals surface area contributed by atoms with E-state index in [0.29, 0.717) is 16.8 Å². The van der Waals surface area contributed by atoms with Crippen LogP contribution in [0.3, 0.4) is 0 Å². The Labute approximate surface area is 144 Å². The smallest absolute Gasteiger partial charge is 0.266 e. The standard InChI is InChI=1S/C18H27ClN2O2/c1-18(2,23-16-9-5-7-14(19)13-16)17(22)21-11-6-8-15(10-12-21)20(3)4/h5,7,9,13,15H,6,8,10-12H2,1-4H3. The fourth-order valence-electron chi connectivity index (χ4n) is 3.05. The zero-order valence-corrected chi connectivity index (χ0v) is 15.3. The minimum atomic E-state index is -0.900. The maximum absolute atomic E-state index is 12.9. The molecule has 0 spiro atoms. The molecule has 0 saturated carbocycles. The molecule has 1 aromatic carbocycles. The summed E-state index contributed by atoms with van der Waals surface area (Å²) in [6.45, 7) is 5.23. The summed E-state index contributed by atoms with van der Waals surface area (Å²) in [6, 6.07) is 7.72. The number of carbonyl (C=O) groups is 1. The molecule has 1 aliphatic heterocycles. The Balaban J connectivity index is 2.03. The van der Waals surface area contributed by atoms with Crippen LogP contribution in [0.15, 0.2) is 24.3 Å². The maximum Gasteiger partial charge on any atom is 0.266 e. The summed E-state index contributed by atoms with van der Waals surface area (Å²) >= 11 is 5.99. The van der Waals surface area contributed by atoms with Crippen molar-refractivity contribution < 1.29 is 9.53 Å². The Morgan fingerprint density at radius 2 is 2.04 bits per heavy atom. The summed E-state index contributed by atoms with van der Waals surface area (Å²) in [6.07, 6.45) is 3.17. The van der Waals surface area contributed by atoms with E-state index in [-0.39, 0.29) is 5.91 Å². The monoisotopic (exact) mass is 338 g/mol. The van der Waals surface area contributed by atoms with Gasteiger partial charge in [-0.15, -0.1) is 0 Å². The first kappa shape index (κ1) is 18.1. The molecule has 1 heterocycles. The van der Waals surface area contributed by atoms with Gasteiger partial charge in [-0.1, -0.05) is 17.7 Å². The second-order valence-corrected chi connectivity index (χ2v) is 7.35. The van der Waals surface area contributed by atoms with Gasteiger partial charge in [-0.3, -0.25) is 4.79 Å². The first-order valence-electron chi connectivity index (χ1n) is 8.20. The van der Waals surface area contributed by atoms with E-state index in [1.54, 1.807) is 12.1 Å². The first-order valence-corrected chi connectivity index (χ1v) is 8.58. The van der Waals surface area contributed by atoms with Crippen LogP contribution < -0.4 is 4.74 Å². The Morgan fingerprint density at radius 3 is 2.70 bits per heavy atom. The van der Waals surface area contributed by atoms with Crippen molar-refractivity contribution in [3.63, 3.8) is 0 Å². The maximum atomic E-state index is 12.9. The van der Waals surface area contributed by atoms with Crippen molar-refractivity contribution in [3.05, 3.63) is 29.3 Å². The van der Waals surface area contributed by atoms with Crippen LogP contribution >= 0.6 is 11.6 Å². The molecule has 0 aliphatic carbocycles. The predicted octanol–water partition coefficient (Wildman–Crippen LogP) is 3.44. The van der Waals surface area contributed by atoms with Crippen molar-refractivity contribution in [2.75, 3.05) is 27.2 Å². The average molecular weight is 339 g/mol. The number of ether oxygens (including phenoxy) is 1. The molecule has 1 fully saturated rings. The molecule has 0 radical (unpaired) electrons. The summed E-state index contributed by atoms with van der Waals surface area (Å²) in [5, 5.41) is 0.606. The summed E-state index contributed by atoms with van der Waals surface area (Å²) in [4.78, 5) is 17.1. The highest BCUT2D eigenvalue weighted by Gasteiger charge is 2.35. The van der Waals surface area contributed by atoms with Crippen molar-refractivity contribution in [2.45, 2.75) is 44.8 Å².